The second-order valence-corrected chi connectivity index (χ2v) is 9.21. The summed E-state index contributed by atoms with van der Waals surface area (Å²) in [6.07, 6.45) is 0. The Kier molecular flexibility index (Phi) is 5.07. The molecule has 1 aliphatic heterocycles. The molecule has 2 N–H and O–H groups in total. The predicted molar refractivity (Wildman–Crippen MR) is 123 cm³/mol. The van der Waals surface area contributed by atoms with Crippen molar-refractivity contribution in [3.8, 4) is 5.75 Å². The Balaban J connectivity index is 1.90. The second-order valence-electron chi connectivity index (χ2n) is 9.21. The number of benzene rings is 2. The lowest BCUT2D eigenvalue weighted by Crippen LogP contribution is -2.33. The van der Waals surface area contributed by atoms with Crippen molar-refractivity contribution in [3.63, 3.8) is 0 Å². The number of aryl methyl sites for hydroxylation is 2. The lowest BCUT2D eigenvalue weighted by molar-refractivity contribution is -0.123. The summed E-state index contributed by atoms with van der Waals surface area (Å²) in [5.74, 6) is -0.575. The number of methoxy groups -OCH3 is 1. The molecule has 7 nitrogen and oxygen atoms in total. The van der Waals surface area contributed by atoms with Gasteiger partial charge in [-0.15, -0.1) is 0 Å². The standard InChI is InChI=1S/C25H27N3O4/c1-13-11-17-18(12-14(13)2)27-24(26-17)28-20(15-7-9-16(32-6)10-8-15)19(21(29)23(28)31)22(30)25(3,4)5/h7-12,20,29H,1-6H3,(H,26,27). The van der Waals surface area contributed by atoms with Crippen LogP contribution in [0.25, 0.3) is 11.0 Å². The van der Waals surface area contributed by atoms with Crippen molar-refractivity contribution in [1.82, 2.24) is 9.97 Å². The summed E-state index contributed by atoms with van der Waals surface area (Å²) in [6.45, 7) is 9.30. The van der Waals surface area contributed by atoms with Crippen LogP contribution in [0, 0.1) is 19.3 Å². The number of H-pyrrole nitrogens is 1. The van der Waals surface area contributed by atoms with Crippen molar-refractivity contribution in [2.24, 2.45) is 5.41 Å². The topological polar surface area (TPSA) is 95.5 Å². The minimum atomic E-state index is -0.817. The molecule has 0 spiro atoms. The van der Waals surface area contributed by atoms with E-state index in [1.807, 2.05) is 26.0 Å². The number of fused-ring (bicyclic) bond motifs is 1. The highest BCUT2D eigenvalue weighted by atomic mass is 16.5. The number of carbonyl (C=O) groups is 2. The molecular weight excluding hydrogens is 406 g/mol. The van der Waals surface area contributed by atoms with Crippen LogP contribution < -0.4 is 9.64 Å². The van der Waals surface area contributed by atoms with Gasteiger partial charge in [-0.05, 0) is 54.8 Å². The van der Waals surface area contributed by atoms with Crippen molar-refractivity contribution >= 4 is 28.7 Å². The van der Waals surface area contributed by atoms with Gasteiger partial charge in [-0.3, -0.25) is 14.5 Å². The summed E-state index contributed by atoms with van der Waals surface area (Å²) >= 11 is 0. The molecule has 1 unspecified atom stereocenters. The van der Waals surface area contributed by atoms with Crippen LogP contribution in [0.15, 0.2) is 47.7 Å². The van der Waals surface area contributed by atoms with Gasteiger partial charge in [0.1, 0.15) is 5.75 Å². The third-order valence-corrected chi connectivity index (χ3v) is 5.88. The first-order valence-corrected chi connectivity index (χ1v) is 10.5. The molecule has 0 saturated carbocycles. The van der Waals surface area contributed by atoms with E-state index in [0.29, 0.717) is 16.8 Å². The Bertz CT molecular complexity index is 1220. The van der Waals surface area contributed by atoms with Crippen LogP contribution in [0.3, 0.4) is 0 Å². The average molecular weight is 434 g/mol. The minimum absolute atomic E-state index is 0.0699. The molecule has 2 aromatic carbocycles. The van der Waals surface area contributed by atoms with Crippen LogP contribution in [0.1, 0.15) is 43.5 Å². The number of ketones is 1. The van der Waals surface area contributed by atoms with E-state index < -0.39 is 23.1 Å². The fourth-order valence-corrected chi connectivity index (χ4v) is 3.93. The van der Waals surface area contributed by atoms with Crippen molar-refractivity contribution in [1.29, 1.82) is 0 Å². The molecular formula is C25H27N3O4. The number of imidazole rings is 1. The number of aromatic nitrogens is 2. The molecule has 0 fully saturated rings. The zero-order valence-corrected chi connectivity index (χ0v) is 19.1. The molecule has 32 heavy (non-hydrogen) atoms. The van der Waals surface area contributed by atoms with Gasteiger partial charge in [0.05, 0.1) is 29.8 Å². The van der Waals surface area contributed by atoms with Crippen LogP contribution in [0.4, 0.5) is 5.95 Å². The molecule has 3 aromatic rings. The number of ether oxygens (including phenoxy) is 1. The molecule has 1 aromatic heterocycles. The van der Waals surface area contributed by atoms with E-state index >= 15 is 0 Å². The maximum Gasteiger partial charge on any atom is 0.296 e. The zero-order valence-electron chi connectivity index (χ0n) is 19.1. The summed E-state index contributed by atoms with van der Waals surface area (Å²) < 4.78 is 5.25. The number of hydrogen-bond acceptors (Lipinski definition) is 5. The fourth-order valence-electron chi connectivity index (χ4n) is 3.93. The SMILES string of the molecule is COc1ccc(C2C(C(=O)C(C)(C)C)=C(O)C(=O)N2c2nc3cc(C)c(C)cc3[nH]2)cc1. The van der Waals surface area contributed by atoms with Crippen molar-refractivity contribution in [2.75, 3.05) is 12.0 Å². The molecule has 4 rings (SSSR count). The van der Waals surface area contributed by atoms with Crippen LogP contribution in [-0.2, 0) is 9.59 Å². The van der Waals surface area contributed by atoms with Gasteiger partial charge >= 0.3 is 0 Å². The monoisotopic (exact) mass is 433 g/mol. The first kappa shape index (κ1) is 21.6. The molecule has 1 amide bonds. The van der Waals surface area contributed by atoms with E-state index in [4.69, 9.17) is 4.74 Å². The summed E-state index contributed by atoms with van der Waals surface area (Å²) in [6, 6.07) is 10.2. The number of anilines is 1. The third-order valence-electron chi connectivity index (χ3n) is 5.88. The van der Waals surface area contributed by atoms with E-state index in [-0.39, 0.29) is 17.3 Å². The molecule has 2 heterocycles. The van der Waals surface area contributed by atoms with Gasteiger partial charge in [-0.1, -0.05) is 32.9 Å². The van der Waals surface area contributed by atoms with Crippen LogP contribution in [0.5, 0.6) is 5.75 Å². The number of rotatable bonds is 4. The maximum atomic E-state index is 13.3. The maximum absolute atomic E-state index is 13.3. The van der Waals surface area contributed by atoms with E-state index in [0.717, 1.165) is 16.6 Å². The third kappa shape index (κ3) is 3.43. The number of Topliss-reactive ketones (excluding diaryl/α,β-unsaturated/α-hetero) is 1. The lowest BCUT2D eigenvalue weighted by atomic mass is 9.82. The summed E-state index contributed by atoms with van der Waals surface area (Å²) in [4.78, 5) is 35.7. The minimum Gasteiger partial charge on any atom is -0.503 e. The number of aromatic amines is 1. The summed E-state index contributed by atoms with van der Waals surface area (Å²) in [5.41, 5.74) is 3.62. The zero-order chi connectivity index (χ0) is 23.4. The highest BCUT2D eigenvalue weighted by Gasteiger charge is 2.47. The largest absolute Gasteiger partial charge is 0.503 e. The van der Waals surface area contributed by atoms with Crippen molar-refractivity contribution in [3.05, 3.63) is 64.4 Å². The number of nitrogens with zero attached hydrogens (tertiary/aromatic N) is 2. The average Bonchev–Trinajstić information content (AvgIpc) is 3.25. The Hall–Kier alpha value is -3.61. The summed E-state index contributed by atoms with van der Waals surface area (Å²) in [7, 11) is 1.57. The van der Waals surface area contributed by atoms with E-state index in [2.05, 4.69) is 9.97 Å². The van der Waals surface area contributed by atoms with Crippen LogP contribution in [-0.4, -0.2) is 33.9 Å². The van der Waals surface area contributed by atoms with Gasteiger partial charge in [0.25, 0.3) is 5.91 Å². The number of carbonyl (C=O) groups excluding carboxylic acids is 2. The smallest absolute Gasteiger partial charge is 0.296 e. The number of aliphatic hydroxyl groups excluding tert-OH is 1. The molecule has 0 bridgehead atoms. The van der Waals surface area contributed by atoms with Crippen LogP contribution >= 0.6 is 0 Å². The van der Waals surface area contributed by atoms with Gasteiger partial charge in [-0.25, -0.2) is 4.98 Å². The molecule has 0 radical (unpaired) electrons. The molecule has 0 saturated heterocycles. The molecule has 166 valence electrons. The van der Waals surface area contributed by atoms with Gasteiger partial charge in [0, 0.05) is 5.41 Å². The highest BCUT2D eigenvalue weighted by molar-refractivity contribution is 6.17. The Morgan fingerprint density at radius 1 is 1.12 bits per heavy atom. The molecule has 0 aliphatic carbocycles. The van der Waals surface area contributed by atoms with Crippen molar-refractivity contribution < 1.29 is 19.4 Å². The number of aliphatic hydroxyl groups is 1. The van der Waals surface area contributed by atoms with Gasteiger partial charge in [0.15, 0.2) is 11.5 Å². The highest BCUT2D eigenvalue weighted by Crippen LogP contribution is 2.43. The van der Waals surface area contributed by atoms with Gasteiger partial charge in [-0.2, -0.15) is 0 Å². The first-order chi connectivity index (χ1) is 15.0. The predicted octanol–water partition coefficient (Wildman–Crippen LogP) is 4.70. The molecule has 1 atom stereocenters. The fraction of sp³-hybridized carbons (Fsp3) is 0.320. The molecule has 7 heteroatoms. The van der Waals surface area contributed by atoms with E-state index in [1.54, 1.807) is 52.1 Å². The van der Waals surface area contributed by atoms with E-state index in [1.165, 1.54) is 4.90 Å². The van der Waals surface area contributed by atoms with Crippen LogP contribution in [0.2, 0.25) is 0 Å². The van der Waals surface area contributed by atoms with Crippen molar-refractivity contribution in [2.45, 2.75) is 40.7 Å². The van der Waals surface area contributed by atoms with E-state index in [9.17, 15) is 14.7 Å². The van der Waals surface area contributed by atoms with Gasteiger partial charge in [0.2, 0.25) is 5.95 Å². The second kappa shape index (κ2) is 7.51. The molecule has 1 aliphatic rings. The Morgan fingerprint density at radius 2 is 1.75 bits per heavy atom. The lowest BCUT2D eigenvalue weighted by Gasteiger charge is -2.27. The quantitative estimate of drug-likeness (QED) is 0.622. The Labute approximate surface area is 186 Å². The first-order valence-electron chi connectivity index (χ1n) is 10.5. The van der Waals surface area contributed by atoms with Gasteiger partial charge < -0.3 is 14.8 Å². The summed E-state index contributed by atoms with van der Waals surface area (Å²) in [5, 5.41) is 10.8. The number of nitrogens with one attached hydrogen (secondary N) is 1. The number of hydrogen-bond donors (Lipinski definition) is 2. The number of amides is 1. The Morgan fingerprint density at radius 3 is 2.34 bits per heavy atom. The normalized spacial score (nSPS) is 16.9.